The highest BCUT2D eigenvalue weighted by atomic mass is 32.2. The molecule has 0 radical (unpaired) electrons. The van der Waals surface area contributed by atoms with Crippen LogP contribution in [0.15, 0.2) is 71.3 Å². The highest BCUT2D eigenvalue weighted by Crippen LogP contribution is 2.34. The maximum Gasteiger partial charge on any atom is 0.276 e. The highest BCUT2D eigenvalue weighted by Gasteiger charge is 2.25. The molecule has 3 aromatic rings. The molecule has 0 saturated carbocycles. The van der Waals surface area contributed by atoms with Crippen molar-refractivity contribution in [3.63, 3.8) is 0 Å². The van der Waals surface area contributed by atoms with Crippen molar-refractivity contribution in [3.05, 3.63) is 78.0 Å². The van der Waals surface area contributed by atoms with Crippen LogP contribution in [0, 0.1) is 0 Å². The number of rotatable bonds is 3. The third kappa shape index (κ3) is 3.68. The highest BCUT2D eigenvalue weighted by molar-refractivity contribution is 7.99. The summed E-state index contributed by atoms with van der Waals surface area (Å²) in [6.07, 6.45) is 0.948. The molecule has 1 fully saturated rings. The van der Waals surface area contributed by atoms with Crippen molar-refractivity contribution < 1.29 is 9.32 Å². The fourth-order valence-electron chi connectivity index (χ4n) is 3.18. The second-order valence-corrected chi connectivity index (χ2v) is 7.60. The van der Waals surface area contributed by atoms with Gasteiger partial charge in [0.25, 0.3) is 5.91 Å². The van der Waals surface area contributed by atoms with E-state index in [1.807, 2.05) is 53.1 Å². The van der Waals surface area contributed by atoms with E-state index in [1.165, 1.54) is 5.56 Å². The van der Waals surface area contributed by atoms with Gasteiger partial charge in [0.1, 0.15) is 0 Å². The van der Waals surface area contributed by atoms with Gasteiger partial charge in [0.15, 0.2) is 11.5 Å². The number of carbonyl (C=O) groups is 1. The number of carbonyl (C=O) groups excluding carboxylic acids is 1. The topological polar surface area (TPSA) is 46.3 Å². The first-order valence-electron chi connectivity index (χ1n) is 8.79. The molecule has 1 saturated heterocycles. The monoisotopic (exact) mass is 364 g/mol. The molecule has 26 heavy (non-hydrogen) atoms. The normalized spacial score (nSPS) is 17.7. The molecule has 1 atom stereocenters. The lowest BCUT2D eigenvalue weighted by Crippen LogP contribution is -2.33. The molecule has 1 aliphatic heterocycles. The Morgan fingerprint density at radius 2 is 1.77 bits per heavy atom. The second-order valence-electron chi connectivity index (χ2n) is 6.29. The van der Waals surface area contributed by atoms with Gasteiger partial charge in [-0.25, -0.2) is 0 Å². The standard InChI is InChI=1S/C21H20N2O2S/c24-21(18-15-19(25-22-18)16-7-3-1-4-8-16)23-12-11-20(26-14-13-23)17-9-5-2-6-10-17/h1-10,15,20H,11-14H2/t20-/m1/s1. The van der Waals surface area contributed by atoms with Crippen molar-refractivity contribution in [1.82, 2.24) is 10.1 Å². The molecular weight excluding hydrogens is 344 g/mol. The molecule has 132 valence electrons. The van der Waals surface area contributed by atoms with Crippen molar-refractivity contribution in [2.24, 2.45) is 0 Å². The Bertz CT molecular complexity index is 864. The van der Waals surface area contributed by atoms with Crippen LogP contribution in [0.5, 0.6) is 0 Å². The lowest BCUT2D eigenvalue weighted by atomic mass is 10.1. The quantitative estimate of drug-likeness (QED) is 0.678. The summed E-state index contributed by atoms with van der Waals surface area (Å²) in [6.45, 7) is 1.47. The summed E-state index contributed by atoms with van der Waals surface area (Å²) in [4.78, 5) is 14.7. The SMILES string of the molecule is O=C(c1cc(-c2ccccc2)on1)N1CCS[C@@H](c2ccccc2)CC1. The van der Waals surface area contributed by atoms with Crippen LogP contribution in [-0.4, -0.2) is 34.8 Å². The molecule has 1 aliphatic rings. The van der Waals surface area contributed by atoms with E-state index < -0.39 is 0 Å². The molecule has 5 heteroatoms. The Labute approximate surface area is 157 Å². The lowest BCUT2D eigenvalue weighted by molar-refractivity contribution is 0.0756. The summed E-state index contributed by atoms with van der Waals surface area (Å²) >= 11 is 1.92. The summed E-state index contributed by atoms with van der Waals surface area (Å²) in [7, 11) is 0. The summed E-state index contributed by atoms with van der Waals surface area (Å²) in [5.74, 6) is 1.50. The number of amides is 1. The van der Waals surface area contributed by atoms with Gasteiger partial charge in [-0.3, -0.25) is 4.79 Å². The predicted molar refractivity (Wildman–Crippen MR) is 104 cm³/mol. The van der Waals surface area contributed by atoms with E-state index in [2.05, 4.69) is 29.4 Å². The van der Waals surface area contributed by atoms with Gasteiger partial charge < -0.3 is 9.42 Å². The first-order chi connectivity index (χ1) is 12.8. The fourth-order valence-corrected chi connectivity index (χ4v) is 4.42. The molecule has 0 bridgehead atoms. The van der Waals surface area contributed by atoms with E-state index in [0.29, 0.717) is 16.7 Å². The van der Waals surface area contributed by atoms with E-state index >= 15 is 0 Å². The number of hydrogen-bond donors (Lipinski definition) is 0. The van der Waals surface area contributed by atoms with Crippen molar-refractivity contribution in [2.75, 3.05) is 18.8 Å². The van der Waals surface area contributed by atoms with E-state index in [0.717, 1.165) is 30.8 Å². The number of benzene rings is 2. The zero-order chi connectivity index (χ0) is 17.8. The van der Waals surface area contributed by atoms with Gasteiger partial charge in [0.05, 0.1) is 0 Å². The Hall–Kier alpha value is -2.53. The van der Waals surface area contributed by atoms with Crippen molar-refractivity contribution in [2.45, 2.75) is 11.7 Å². The molecule has 0 N–H and O–H groups in total. The number of thioether (sulfide) groups is 1. The van der Waals surface area contributed by atoms with Crippen LogP contribution < -0.4 is 0 Å². The minimum Gasteiger partial charge on any atom is -0.355 e. The molecule has 0 unspecified atom stereocenters. The van der Waals surface area contributed by atoms with E-state index in [-0.39, 0.29) is 5.91 Å². The largest absolute Gasteiger partial charge is 0.355 e. The first kappa shape index (κ1) is 16.9. The maximum atomic E-state index is 12.8. The van der Waals surface area contributed by atoms with Gasteiger partial charge in [-0.15, -0.1) is 0 Å². The van der Waals surface area contributed by atoms with Gasteiger partial charge in [-0.2, -0.15) is 11.8 Å². The molecule has 4 rings (SSSR count). The fraction of sp³-hybridized carbons (Fsp3) is 0.238. The zero-order valence-corrected chi connectivity index (χ0v) is 15.2. The minimum atomic E-state index is -0.0507. The lowest BCUT2D eigenvalue weighted by Gasteiger charge is -2.18. The molecule has 0 spiro atoms. The Balaban J connectivity index is 1.45. The average molecular weight is 364 g/mol. The van der Waals surface area contributed by atoms with Gasteiger partial charge in [-0.05, 0) is 12.0 Å². The number of aromatic nitrogens is 1. The Morgan fingerprint density at radius 1 is 1.04 bits per heavy atom. The Morgan fingerprint density at radius 3 is 2.54 bits per heavy atom. The summed E-state index contributed by atoms with van der Waals surface area (Å²) in [5, 5.41) is 4.44. The van der Waals surface area contributed by atoms with Crippen LogP contribution in [0.2, 0.25) is 0 Å². The smallest absolute Gasteiger partial charge is 0.276 e. The molecule has 2 aromatic carbocycles. The molecule has 1 amide bonds. The van der Waals surface area contributed by atoms with E-state index in [1.54, 1.807) is 6.07 Å². The van der Waals surface area contributed by atoms with Crippen LogP contribution >= 0.6 is 11.8 Å². The van der Waals surface area contributed by atoms with Crippen LogP contribution in [0.4, 0.5) is 0 Å². The Kier molecular flexibility index (Phi) is 5.07. The van der Waals surface area contributed by atoms with E-state index in [4.69, 9.17) is 4.52 Å². The number of hydrogen-bond acceptors (Lipinski definition) is 4. The van der Waals surface area contributed by atoms with Gasteiger partial charge in [0, 0.05) is 35.7 Å². The molecule has 0 aliphatic carbocycles. The maximum absolute atomic E-state index is 12.8. The molecule has 4 nitrogen and oxygen atoms in total. The summed E-state index contributed by atoms with van der Waals surface area (Å²) in [6, 6.07) is 22.0. The van der Waals surface area contributed by atoms with Crippen LogP contribution in [0.1, 0.15) is 27.7 Å². The third-order valence-electron chi connectivity index (χ3n) is 4.59. The van der Waals surface area contributed by atoms with Crippen LogP contribution in [0.25, 0.3) is 11.3 Å². The van der Waals surface area contributed by atoms with Crippen molar-refractivity contribution in [3.8, 4) is 11.3 Å². The average Bonchev–Trinajstić information content (AvgIpc) is 3.07. The molecule has 1 aromatic heterocycles. The van der Waals surface area contributed by atoms with Gasteiger partial charge in [0.2, 0.25) is 0 Å². The number of nitrogens with zero attached hydrogens (tertiary/aromatic N) is 2. The zero-order valence-electron chi connectivity index (χ0n) is 14.4. The third-order valence-corrected chi connectivity index (χ3v) is 5.92. The molecular formula is C21H20N2O2S. The minimum absolute atomic E-state index is 0.0507. The van der Waals surface area contributed by atoms with Gasteiger partial charge >= 0.3 is 0 Å². The first-order valence-corrected chi connectivity index (χ1v) is 9.84. The van der Waals surface area contributed by atoms with Gasteiger partial charge in [-0.1, -0.05) is 65.8 Å². The van der Waals surface area contributed by atoms with Crippen molar-refractivity contribution >= 4 is 17.7 Å². The molecule has 2 heterocycles. The van der Waals surface area contributed by atoms with E-state index in [9.17, 15) is 4.79 Å². The second kappa shape index (κ2) is 7.79. The van der Waals surface area contributed by atoms with Crippen molar-refractivity contribution in [1.29, 1.82) is 0 Å². The van der Waals surface area contributed by atoms with Crippen LogP contribution in [0.3, 0.4) is 0 Å². The summed E-state index contributed by atoms with van der Waals surface area (Å²) < 4.78 is 5.38. The summed E-state index contributed by atoms with van der Waals surface area (Å²) in [5.41, 5.74) is 2.64. The van der Waals surface area contributed by atoms with Crippen LogP contribution in [-0.2, 0) is 0 Å². The predicted octanol–water partition coefficient (Wildman–Crippen LogP) is 4.66.